The van der Waals surface area contributed by atoms with Crippen molar-refractivity contribution < 1.29 is 0 Å². The highest BCUT2D eigenvalue weighted by atomic mass is 79.9. The molecule has 0 spiro atoms. The van der Waals surface area contributed by atoms with Crippen LogP contribution in [0.1, 0.15) is 0 Å². The second-order valence-electron chi connectivity index (χ2n) is 2.68. The number of rotatable bonds is 1. The lowest BCUT2D eigenvalue weighted by Crippen LogP contribution is -1.81. The summed E-state index contributed by atoms with van der Waals surface area (Å²) in [7, 11) is 6.94. The number of hydrogen-bond acceptors (Lipinski definition) is 2. The van der Waals surface area contributed by atoms with Gasteiger partial charge in [-0.05, 0) is 39.9 Å². The van der Waals surface area contributed by atoms with Gasteiger partial charge < -0.3 is 0 Å². The predicted molar refractivity (Wildman–Crippen MR) is 66.2 cm³/mol. The van der Waals surface area contributed by atoms with Crippen molar-refractivity contribution in [1.82, 2.24) is 4.98 Å². The number of fused-ring (bicyclic) bond motifs is 1. The molecule has 0 amide bonds. The van der Waals surface area contributed by atoms with E-state index in [2.05, 4.69) is 20.9 Å². The van der Waals surface area contributed by atoms with Gasteiger partial charge in [0.1, 0.15) is 5.15 Å². The van der Waals surface area contributed by atoms with E-state index in [0.717, 1.165) is 20.1 Å². The van der Waals surface area contributed by atoms with Crippen LogP contribution in [0.2, 0.25) is 5.15 Å². The van der Waals surface area contributed by atoms with Gasteiger partial charge in [0.15, 0.2) is 0 Å². The molecule has 1 aromatic heterocycles. The molecule has 0 aliphatic heterocycles. The molecule has 0 atom stereocenters. The van der Waals surface area contributed by atoms with Crippen LogP contribution < -0.4 is 0 Å². The summed E-state index contributed by atoms with van der Waals surface area (Å²) < 4.78 is 0.947. The first-order valence-corrected chi connectivity index (χ1v) is 6.56. The average Bonchev–Trinajstić information content (AvgIpc) is 2.18. The van der Waals surface area contributed by atoms with Crippen LogP contribution in [0.15, 0.2) is 33.8 Å². The van der Waals surface area contributed by atoms with Crippen LogP contribution >= 0.6 is 49.2 Å². The third-order valence-corrected chi connectivity index (χ3v) is 3.60. The minimum Gasteiger partial charge on any atom is -0.244 e. The molecular weight excluding hydrogens is 305 g/mol. The van der Waals surface area contributed by atoms with E-state index in [1.807, 2.05) is 18.2 Å². The Balaban J connectivity index is 2.87. The van der Waals surface area contributed by atoms with Crippen molar-refractivity contribution in [2.45, 2.75) is 4.90 Å². The zero-order valence-electron chi connectivity index (χ0n) is 6.80. The predicted octanol–water partition coefficient (Wildman–Crippen LogP) is 4.90. The molecule has 0 N–H and O–H groups in total. The summed E-state index contributed by atoms with van der Waals surface area (Å²) in [5.41, 5.74) is 0. The number of aromatic nitrogens is 1. The van der Waals surface area contributed by atoms with Crippen molar-refractivity contribution >= 4 is 60.0 Å². The maximum Gasteiger partial charge on any atom is 0.136 e. The molecule has 0 saturated carbocycles. The van der Waals surface area contributed by atoms with Crippen LogP contribution in [-0.4, -0.2) is 4.98 Å². The molecule has 72 valence electrons. The minimum absolute atomic E-state index is 0.496. The lowest BCUT2D eigenvalue weighted by atomic mass is 10.2. The van der Waals surface area contributed by atoms with Crippen molar-refractivity contribution in [3.05, 3.63) is 34.0 Å². The molecule has 2 rings (SSSR count). The van der Waals surface area contributed by atoms with E-state index in [4.69, 9.17) is 22.3 Å². The van der Waals surface area contributed by atoms with E-state index in [-0.39, 0.29) is 0 Å². The highest BCUT2D eigenvalue weighted by Crippen LogP contribution is 2.35. The van der Waals surface area contributed by atoms with E-state index in [1.54, 1.807) is 6.20 Å². The lowest BCUT2D eigenvalue weighted by Gasteiger charge is -2.04. The van der Waals surface area contributed by atoms with Crippen LogP contribution in [0.4, 0.5) is 0 Å². The van der Waals surface area contributed by atoms with E-state index in [1.165, 1.54) is 11.0 Å². The highest BCUT2D eigenvalue weighted by Gasteiger charge is 2.06. The monoisotopic (exact) mass is 307 g/mol. The fraction of sp³-hybridized carbons (Fsp3) is 0. The summed E-state index contributed by atoms with van der Waals surface area (Å²) in [6.07, 6.45) is 1.68. The van der Waals surface area contributed by atoms with Gasteiger partial charge in [-0.3, -0.25) is 0 Å². The first-order chi connectivity index (χ1) is 6.72. The molecule has 2 aromatic rings. The summed E-state index contributed by atoms with van der Waals surface area (Å²) in [5.74, 6) is 0. The Morgan fingerprint density at radius 2 is 2.07 bits per heavy atom. The summed E-state index contributed by atoms with van der Waals surface area (Å²) >= 11 is 9.37. The molecule has 14 heavy (non-hydrogen) atoms. The molecule has 1 heterocycles. The first-order valence-electron chi connectivity index (χ1n) is 3.74. The second kappa shape index (κ2) is 4.27. The maximum atomic E-state index is 5.97. The molecule has 0 fully saturated rings. The number of nitrogens with zero attached hydrogens (tertiary/aromatic N) is 1. The van der Waals surface area contributed by atoms with Crippen LogP contribution in [0.3, 0.4) is 0 Å². The fourth-order valence-electron chi connectivity index (χ4n) is 1.25. The Hall–Kier alpha value is 0.0400. The Bertz CT molecular complexity index is 489. The van der Waals surface area contributed by atoms with Gasteiger partial charge in [0.2, 0.25) is 0 Å². The number of hydrogen-bond donors (Lipinski definition) is 0. The van der Waals surface area contributed by atoms with Crippen molar-refractivity contribution in [2.24, 2.45) is 0 Å². The van der Waals surface area contributed by atoms with E-state index in [0.29, 0.717) is 5.15 Å². The maximum absolute atomic E-state index is 5.97. The molecule has 0 unspecified atom stereocenters. The average molecular weight is 309 g/mol. The van der Waals surface area contributed by atoms with Crippen molar-refractivity contribution in [2.75, 3.05) is 0 Å². The molecule has 0 saturated heterocycles. The first kappa shape index (κ1) is 10.6. The van der Waals surface area contributed by atoms with Gasteiger partial charge in [-0.25, -0.2) is 4.98 Å². The molecule has 0 radical (unpaired) electrons. The van der Waals surface area contributed by atoms with Gasteiger partial charge in [-0.1, -0.05) is 27.5 Å². The van der Waals surface area contributed by atoms with Gasteiger partial charge in [0.25, 0.3) is 0 Å². The van der Waals surface area contributed by atoms with Gasteiger partial charge in [-0.2, -0.15) is 0 Å². The minimum atomic E-state index is 0.496. The zero-order valence-corrected chi connectivity index (χ0v) is 10.7. The van der Waals surface area contributed by atoms with Crippen molar-refractivity contribution in [1.29, 1.82) is 0 Å². The van der Waals surface area contributed by atoms with Gasteiger partial charge in [0, 0.05) is 26.3 Å². The molecule has 5 heteroatoms. The van der Waals surface area contributed by atoms with Crippen LogP contribution in [-0.2, 0) is 0 Å². The summed E-state index contributed by atoms with van der Waals surface area (Å²) in [4.78, 5) is 4.99. The Labute approximate surface area is 103 Å². The van der Waals surface area contributed by atoms with Gasteiger partial charge in [-0.15, -0.1) is 0 Å². The molecular formula is C9H4BrCl2NS. The number of benzene rings is 1. The highest BCUT2D eigenvalue weighted by molar-refractivity contribution is 9.10. The largest absolute Gasteiger partial charge is 0.244 e. The van der Waals surface area contributed by atoms with Gasteiger partial charge in [0.05, 0.1) is 0 Å². The second-order valence-corrected chi connectivity index (χ2v) is 5.01. The fourth-order valence-corrected chi connectivity index (χ4v) is 2.88. The quantitative estimate of drug-likeness (QED) is 0.695. The number of halogens is 3. The normalized spacial score (nSPS) is 10.8. The van der Waals surface area contributed by atoms with E-state index in [9.17, 15) is 0 Å². The molecule has 0 bridgehead atoms. The third-order valence-electron chi connectivity index (χ3n) is 1.84. The SMILES string of the molecule is ClSc1cc(Br)cc2c(Cl)nccc12. The Morgan fingerprint density at radius 3 is 2.79 bits per heavy atom. The van der Waals surface area contributed by atoms with Crippen molar-refractivity contribution in [3.63, 3.8) is 0 Å². The molecule has 0 aliphatic carbocycles. The van der Waals surface area contributed by atoms with Gasteiger partial charge >= 0.3 is 0 Å². The Kier molecular flexibility index (Phi) is 3.22. The molecule has 1 aromatic carbocycles. The van der Waals surface area contributed by atoms with Crippen molar-refractivity contribution in [3.8, 4) is 0 Å². The summed E-state index contributed by atoms with van der Waals surface area (Å²) in [5, 5.41) is 2.43. The standard InChI is InChI=1S/C9H4BrCl2NS/c10-5-3-7-6(8(4-5)14-12)1-2-13-9(7)11/h1-4H. The van der Waals surface area contributed by atoms with E-state index >= 15 is 0 Å². The Morgan fingerprint density at radius 1 is 1.29 bits per heavy atom. The zero-order chi connectivity index (χ0) is 10.1. The molecule has 1 nitrogen and oxygen atoms in total. The van der Waals surface area contributed by atoms with Crippen LogP contribution in [0.5, 0.6) is 0 Å². The summed E-state index contributed by atoms with van der Waals surface area (Å²) in [6, 6.07) is 5.79. The lowest BCUT2D eigenvalue weighted by molar-refractivity contribution is 1.35. The van der Waals surface area contributed by atoms with Crippen LogP contribution in [0.25, 0.3) is 10.8 Å². The molecule has 0 aliphatic rings. The topological polar surface area (TPSA) is 12.9 Å². The third kappa shape index (κ3) is 1.87. The smallest absolute Gasteiger partial charge is 0.136 e. The number of pyridine rings is 1. The van der Waals surface area contributed by atoms with E-state index < -0.39 is 0 Å². The summed E-state index contributed by atoms with van der Waals surface area (Å²) in [6.45, 7) is 0. The van der Waals surface area contributed by atoms with Crippen LogP contribution in [0, 0.1) is 0 Å².